The van der Waals surface area contributed by atoms with Crippen LogP contribution in [0.5, 0.6) is 0 Å². The molecule has 24 heavy (non-hydrogen) atoms. The zero-order chi connectivity index (χ0) is 18.8. The van der Waals surface area contributed by atoms with Crippen molar-refractivity contribution >= 4 is 51.4 Å². The fraction of sp³-hybridized carbons (Fsp3) is 0.500. The second-order valence-electron chi connectivity index (χ2n) is 3.44. The molecule has 0 fully saturated rings. The van der Waals surface area contributed by atoms with E-state index in [1.807, 2.05) is 20.3 Å². The Morgan fingerprint density at radius 1 is 0.792 bits per heavy atom. The summed E-state index contributed by atoms with van der Waals surface area (Å²) in [7, 11) is 3.30. The molecule has 0 saturated heterocycles. The summed E-state index contributed by atoms with van der Waals surface area (Å²) < 4.78 is 37.1. The number of methoxy groups -OCH3 is 2. The molecule has 0 N–H and O–H groups in total. The van der Waals surface area contributed by atoms with Crippen molar-refractivity contribution < 1.29 is 49.2 Å². The molecule has 0 bridgehead atoms. The van der Waals surface area contributed by atoms with Crippen LogP contribution in [0.15, 0.2) is 24.3 Å². The van der Waals surface area contributed by atoms with E-state index in [0.717, 1.165) is 11.1 Å². The predicted molar refractivity (Wildman–Crippen MR) is 86.0 cm³/mol. The number of allylic oxidation sites excluding steroid dienone is 2. The van der Waals surface area contributed by atoms with Gasteiger partial charge in [0.25, 0.3) is 0 Å². The van der Waals surface area contributed by atoms with Gasteiger partial charge in [-0.1, -0.05) is 24.3 Å². The van der Waals surface area contributed by atoms with Crippen LogP contribution in [0.25, 0.3) is 0 Å². The van der Waals surface area contributed by atoms with Crippen molar-refractivity contribution in [3.63, 3.8) is 0 Å². The monoisotopic (exact) mass is 450 g/mol. The molecule has 132 valence electrons. The van der Waals surface area contributed by atoms with Crippen LogP contribution in [0.4, 0.5) is 0 Å². The summed E-state index contributed by atoms with van der Waals surface area (Å²) in [4.78, 5) is 0. The topological polar surface area (TPSA) is 87.4 Å². The van der Waals surface area contributed by atoms with Crippen molar-refractivity contribution in [2.45, 2.75) is 13.8 Å². The molecule has 0 aromatic carbocycles. The van der Waals surface area contributed by atoms with Gasteiger partial charge in [-0.15, -0.1) is 0 Å². The molecule has 0 aliphatic carbocycles. The molecule has 0 heterocycles. The van der Waals surface area contributed by atoms with E-state index >= 15 is 0 Å². The van der Waals surface area contributed by atoms with Gasteiger partial charge in [-0.05, 0) is 13.8 Å². The van der Waals surface area contributed by atoms with Crippen LogP contribution >= 0.6 is 0 Å². The van der Waals surface area contributed by atoms with Crippen molar-refractivity contribution in [1.82, 2.24) is 0 Å². The summed E-state index contributed by atoms with van der Waals surface area (Å²) >= 11 is 0. The predicted octanol–water partition coefficient (Wildman–Crippen LogP) is 2.14. The van der Waals surface area contributed by atoms with E-state index in [2.05, 4.69) is 33.1 Å². The smallest absolute Gasteiger partial charge is 0 e. The zero-order valence-corrected chi connectivity index (χ0v) is 20.3. The van der Waals surface area contributed by atoms with E-state index in [9.17, 15) is 0 Å². The second-order valence-corrected chi connectivity index (χ2v) is 3.44. The third kappa shape index (κ3) is 92.4. The van der Waals surface area contributed by atoms with Crippen molar-refractivity contribution in [3.8, 4) is 0 Å². The third-order valence-corrected chi connectivity index (χ3v) is 1.36. The Labute approximate surface area is 203 Å². The van der Waals surface area contributed by atoms with Crippen molar-refractivity contribution in [1.29, 1.82) is 0 Å². The molecule has 0 amide bonds. The van der Waals surface area contributed by atoms with Gasteiger partial charge in [0.15, 0.2) is 0 Å². The van der Waals surface area contributed by atoms with Gasteiger partial charge < -0.3 is 14.2 Å². The molecule has 0 aliphatic heterocycles. The van der Waals surface area contributed by atoms with E-state index in [0.29, 0.717) is 26.4 Å². The van der Waals surface area contributed by atoms with E-state index in [1.165, 1.54) is 0 Å². The van der Waals surface area contributed by atoms with Crippen LogP contribution in [0.1, 0.15) is 13.8 Å². The fourth-order valence-electron chi connectivity index (χ4n) is 0.807. The summed E-state index contributed by atoms with van der Waals surface area (Å²) in [6, 6.07) is 0. The van der Waals surface area contributed by atoms with E-state index < -0.39 is 0 Å². The number of ether oxygens (including phenoxy) is 3. The summed E-state index contributed by atoms with van der Waals surface area (Å²) in [6.07, 6.45) is 1.94. The third-order valence-electron chi connectivity index (χ3n) is 1.36. The van der Waals surface area contributed by atoms with Crippen LogP contribution in [0, 0.1) is 26.4 Å². The van der Waals surface area contributed by atoms with Crippen LogP contribution < -0.4 is 0 Å². The molecule has 0 saturated carbocycles. The Hall–Kier alpha value is 0.905. The van der Waals surface area contributed by atoms with Gasteiger partial charge >= 0.3 is 33.9 Å². The average molecular weight is 448 g/mol. The molecule has 0 aromatic rings. The maximum absolute atomic E-state index is 7.50. The quantitative estimate of drug-likeness (QED) is 0.247. The minimum absolute atomic E-state index is 0. The van der Waals surface area contributed by atoms with Crippen molar-refractivity contribution in [2.75, 3.05) is 40.6 Å². The maximum Gasteiger partial charge on any atom is 0 e. The Morgan fingerprint density at radius 2 is 1.04 bits per heavy atom. The molecule has 0 spiro atoms. The Morgan fingerprint density at radius 3 is 1.17 bits per heavy atom. The summed E-state index contributed by atoms with van der Waals surface area (Å²) in [5, 5.41) is 0. The summed E-state index contributed by atoms with van der Waals surface area (Å²) in [5.41, 5.74) is 2.12. The SMILES string of the molecule is C=C(C)[CH]C(=C)C.COCCOCCOC.[C-]#[O+].[C-]#[O+].[C-]#[O+].[K].[Mo]. The Balaban J connectivity index is -0.0000000348. The van der Waals surface area contributed by atoms with Crippen LogP contribution in [0.2, 0.25) is 0 Å². The molecular weight excluding hydrogens is 423 g/mol. The molecule has 0 rings (SSSR count). The van der Waals surface area contributed by atoms with Crippen LogP contribution in [-0.4, -0.2) is 92.0 Å². The van der Waals surface area contributed by atoms with E-state index in [-0.39, 0.29) is 72.4 Å². The largest absolute Gasteiger partial charge is 0 e. The average Bonchev–Trinajstić information content (AvgIpc) is 2.52. The van der Waals surface area contributed by atoms with Crippen LogP contribution in [-0.2, 0) is 49.2 Å². The summed E-state index contributed by atoms with van der Waals surface area (Å²) in [6.45, 7) is 27.4. The first kappa shape index (κ1) is 44.4. The molecule has 0 aromatic heterocycles. The standard InChI is InChI=1S/C7H11.C6H14O3.3CO.K.Mo/c1-6(2)5-7(3)4;1-7-3-5-9-6-4-8-2;3*1-2;;/h5H,1,3H2,2,4H3;3-6H2,1-2H3;;;;;. The van der Waals surface area contributed by atoms with E-state index in [1.54, 1.807) is 14.2 Å². The van der Waals surface area contributed by atoms with Gasteiger partial charge in [-0.2, -0.15) is 0 Å². The molecule has 8 heteroatoms. The van der Waals surface area contributed by atoms with Gasteiger partial charge in [0.05, 0.1) is 26.4 Å². The van der Waals surface area contributed by atoms with Gasteiger partial charge in [-0.25, -0.2) is 0 Å². The number of hydrogen-bond acceptors (Lipinski definition) is 3. The minimum atomic E-state index is 0. The second kappa shape index (κ2) is 56.5. The van der Waals surface area contributed by atoms with E-state index in [4.69, 9.17) is 28.2 Å². The normalized spacial score (nSPS) is 6.42. The first-order valence-corrected chi connectivity index (χ1v) is 5.87. The Bertz CT molecular complexity index is 258. The van der Waals surface area contributed by atoms with Gasteiger partial charge in [-0.3, -0.25) is 0 Å². The van der Waals surface area contributed by atoms with Crippen molar-refractivity contribution in [2.24, 2.45) is 0 Å². The molecule has 0 aliphatic rings. The fourth-order valence-corrected chi connectivity index (χ4v) is 0.807. The maximum atomic E-state index is 7.50. The molecule has 2 radical (unpaired) electrons. The Kier molecular flexibility index (Phi) is 104. The molecular formula is C16H25KMoO6. The van der Waals surface area contributed by atoms with Gasteiger partial charge in [0.1, 0.15) is 0 Å². The number of hydrogen-bond donors (Lipinski definition) is 0. The zero-order valence-electron chi connectivity index (χ0n) is 15.2. The molecule has 0 unspecified atom stereocenters. The van der Waals surface area contributed by atoms with Gasteiger partial charge in [0, 0.05) is 93.1 Å². The molecule has 6 nitrogen and oxygen atoms in total. The summed E-state index contributed by atoms with van der Waals surface area (Å²) in [5.74, 6) is 0. The number of rotatable bonds is 8. The first-order valence-electron chi connectivity index (χ1n) is 5.87. The minimum Gasteiger partial charge on any atom is 0 e. The first-order chi connectivity index (χ1) is 10.5. The van der Waals surface area contributed by atoms with Gasteiger partial charge in [0.2, 0.25) is 0 Å². The molecule has 0 atom stereocenters. The van der Waals surface area contributed by atoms with Crippen molar-refractivity contribution in [3.05, 3.63) is 50.7 Å². The van der Waals surface area contributed by atoms with Crippen LogP contribution in [0.3, 0.4) is 0 Å².